The van der Waals surface area contributed by atoms with Crippen LogP contribution >= 0.6 is 0 Å². The van der Waals surface area contributed by atoms with Crippen molar-refractivity contribution in [1.29, 1.82) is 0 Å². The molecule has 0 radical (unpaired) electrons. The molecule has 2 atom stereocenters. The van der Waals surface area contributed by atoms with E-state index < -0.39 is 0 Å². The van der Waals surface area contributed by atoms with Crippen molar-refractivity contribution in [3.05, 3.63) is 0 Å². The first-order valence-electron chi connectivity index (χ1n) is 4.04. The summed E-state index contributed by atoms with van der Waals surface area (Å²) in [6.45, 7) is 4.72. The van der Waals surface area contributed by atoms with Gasteiger partial charge in [0.1, 0.15) is 0 Å². The van der Waals surface area contributed by atoms with Crippen LogP contribution in [0.25, 0.3) is 0 Å². The summed E-state index contributed by atoms with van der Waals surface area (Å²) in [5, 5.41) is 0. The number of hydrogen-bond donors (Lipinski definition) is 1. The van der Waals surface area contributed by atoms with E-state index in [0.717, 1.165) is 6.42 Å². The number of rotatable bonds is 3. The second-order valence-electron chi connectivity index (χ2n) is 3.19. The molecule has 11 heavy (non-hydrogen) atoms. The van der Waals surface area contributed by atoms with Gasteiger partial charge in [0.25, 0.3) is 0 Å². The van der Waals surface area contributed by atoms with Crippen LogP contribution in [0.4, 0.5) is 0 Å². The molecule has 0 aromatic carbocycles. The van der Waals surface area contributed by atoms with E-state index in [-0.39, 0.29) is 11.4 Å². The number of esters is 1. The number of carbonyl (C=O) groups excluding carboxylic acids is 1. The lowest BCUT2D eigenvalue weighted by Gasteiger charge is -2.11. The normalized spacial score (nSPS) is 35.0. The largest absolute Gasteiger partial charge is 0.466 e. The van der Waals surface area contributed by atoms with Gasteiger partial charge in [0.15, 0.2) is 0 Å². The van der Waals surface area contributed by atoms with Crippen LogP contribution in [0.3, 0.4) is 0 Å². The predicted molar refractivity (Wildman–Crippen MR) is 41.9 cm³/mol. The maximum atomic E-state index is 11.3. The highest BCUT2D eigenvalue weighted by atomic mass is 16.5. The molecule has 1 aliphatic carbocycles. The standard InChI is InChI=1S/C8H15NO2/c1-3-11-7(10)8(5-9)4-6(8)2/h6H,3-5,9H2,1-2H3. The fourth-order valence-corrected chi connectivity index (χ4v) is 1.41. The van der Waals surface area contributed by atoms with E-state index in [0.29, 0.717) is 19.1 Å². The Morgan fingerprint density at radius 3 is 2.64 bits per heavy atom. The minimum absolute atomic E-state index is 0.116. The van der Waals surface area contributed by atoms with Gasteiger partial charge in [-0.05, 0) is 19.3 Å². The van der Waals surface area contributed by atoms with Gasteiger partial charge in [0, 0.05) is 6.54 Å². The summed E-state index contributed by atoms with van der Waals surface area (Å²) in [7, 11) is 0. The van der Waals surface area contributed by atoms with E-state index in [1.54, 1.807) is 0 Å². The Hall–Kier alpha value is -0.570. The van der Waals surface area contributed by atoms with Crippen molar-refractivity contribution in [3.8, 4) is 0 Å². The van der Waals surface area contributed by atoms with E-state index in [4.69, 9.17) is 10.5 Å². The molecule has 3 nitrogen and oxygen atoms in total. The summed E-state index contributed by atoms with van der Waals surface area (Å²) in [5.41, 5.74) is 5.17. The molecule has 1 rings (SSSR count). The lowest BCUT2D eigenvalue weighted by molar-refractivity contribution is -0.149. The molecule has 1 saturated carbocycles. The fourth-order valence-electron chi connectivity index (χ4n) is 1.41. The average molecular weight is 157 g/mol. The molecule has 0 aromatic heterocycles. The van der Waals surface area contributed by atoms with E-state index in [2.05, 4.69) is 0 Å². The highest BCUT2D eigenvalue weighted by Gasteiger charge is 2.57. The zero-order valence-corrected chi connectivity index (χ0v) is 7.09. The molecular weight excluding hydrogens is 142 g/mol. The van der Waals surface area contributed by atoms with Crippen molar-refractivity contribution >= 4 is 5.97 Å². The van der Waals surface area contributed by atoms with E-state index in [9.17, 15) is 4.79 Å². The summed E-state index contributed by atoms with van der Waals surface area (Å²) >= 11 is 0. The molecule has 0 bridgehead atoms. The topological polar surface area (TPSA) is 52.3 Å². The molecule has 0 aromatic rings. The van der Waals surface area contributed by atoms with Crippen molar-refractivity contribution in [1.82, 2.24) is 0 Å². The van der Waals surface area contributed by atoms with Crippen molar-refractivity contribution in [2.75, 3.05) is 13.2 Å². The van der Waals surface area contributed by atoms with E-state index >= 15 is 0 Å². The molecule has 0 spiro atoms. The molecule has 2 unspecified atom stereocenters. The highest BCUT2D eigenvalue weighted by Crippen LogP contribution is 2.52. The molecule has 0 aliphatic heterocycles. The lowest BCUT2D eigenvalue weighted by atomic mass is 10.1. The molecule has 0 amide bonds. The van der Waals surface area contributed by atoms with Crippen molar-refractivity contribution < 1.29 is 9.53 Å². The van der Waals surface area contributed by atoms with Gasteiger partial charge in [0.05, 0.1) is 12.0 Å². The second kappa shape index (κ2) is 2.81. The number of hydrogen-bond acceptors (Lipinski definition) is 3. The van der Waals surface area contributed by atoms with Gasteiger partial charge in [-0.2, -0.15) is 0 Å². The Kier molecular flexibility index (Phi) is 2.18. The summed E-state index contributed by atoms with van der Waals surface area (Å²) in [4.78, 5) is 11.3. The monoisotopic (exact) mass is 157 g/mol. The van der Waals surface area contributed by atoms with Gasteiger partial charge >= 0.3 is 5.97 Å². The minimum Gasteiger partial charge on any atom is -0.466 e. The van der Waals surface area contributed by atoms with Crippen molar-refractivity contribution in [3.63, 3.8) is 0 Å². The van der Waals surface area contributed by atoms with Gasteiger partial charge in [-0.15, -0.1) is 0 Å². The van der Waals surface area contributed by atoms with Crippen LogP contribution < -0.4 is 5.73 Å². The summed E-state index contributed by atoms with van der Waals surface area (Å²) in [6, 6.07) is 0. The van der Waals surface area contributed by atoms with Crippen LogP contribution in [0.15, 0.2) is 0 Å². The van der Waals surface area contributed by atoms with Gasteiger partial charge in [-0.1, -0.05) is 6.92 Å². The first-order chi connectivity index (χ1) is 5.17. The second-order valence-corrected chi connectivity index (χ2v) is 3.19. The Balaban J connectivity index is 2.51. The molecule has 64 valence electrons. The highest BCUT2D eigenvalue weighted by molar-refractivity contribution is 5.80. The predicted octanol–water partition coefficient (Wildman–Crippen LogP) is 0.534. The number of carbonyl (C=O) groups is 1. The number of ether oxygens (including phenoxy) is 1. The van der Waals surface area contributed by atoms with Crippen molar-refractivity contribution in [2.24, 2.45) is 17.1 Å². The van der Waals surface area contributed by atoms with Gasteiger partial charge < -0.3 is 10.5 Å². The first-order valence-corrected chi connectivity index (χ1v) is 4.04. The Morgan fingerprint density at radius 2 is 2.36 bits per heavy atom. The third kappa shape index (κ3) is 1.25. The zero-order chi connectivity index (χ0) is 8.48. The molecule has 1 fully saturated rings. The molecule has 1 aliphatic rings. The van der Waals surface area contributed by atoms with Gasteiger partial charge in [-0.3, -0.25) is 4.79 Å². The van der Waals surface area contributed by atoms with E-state index in [1.165, 1.54) is 0 Å². The van der Waals surface area contributed by atoms with Crippen LogP contribution in [0.1, 0.15) is 20.3 Å². The summed E-state index contributed by atoms with van der Waals surface area (Å²) in [5.74, 6) is 0.293. The first kappa shape index (κ1) is 8.53. The third-order valence-electron chi connectivity index (χ3n) is 2.50. The van der Waals surface area contributed by atoms with Crippen molar-refractivity contribution in [2.45, 2.75) is 20.3 Å². The van der Waals surface area contributed by atoms with Crippen LogP contribution in [-0.2, 0) is 9.53 Å². The Labute approximate surface area is 66.9 Å². The lowest BCUT2D eigenvalue weighted by Crippen LogP contribution is -2.29. The maximum Gasteiger partial charge on any atom is 0.313 e. The molecule has 3 heteroatoms. The summed E-state index contributed by atoms with van der Waals surface area (Å²) < 4.78 is 4.91. The quantitative estimate of drug-likeness (QED) is 0.608. The average Bonchev–Trinajstić information content (AvgIpc) is 2.63. The third-order valence-corrected chi connectivity index (χ3v) is 2.50. The summed E-state index contributed by atoms with van der Waals surface area (Å²) in [6.07, 6.45) is 0.891. The van der Waals surface area contributed by atoms with Crippen LogP contribution in [0.2, 0.25) is 0 Å². The zero-order valence-electron chi connectivity index (χ0n) is 7.09. The fraction of sp³-hybridized carbons (Fsp3) is 0.875. The smallest absolute Gasteiger partial charge is 0.313 e. The minimum atomic E-state index is -0.323. The van der Waals surface area contributed by atoms with Gasteiger partial charge in [0.2, 0.25) is 0 Å². The number of nitrogens with two attached hydrogens (primary N) is 1. The molecule has 0 heterocycles. The molecule has 0 saturated heterocycles. The van der Waals surface area contributed by atoms with Crippen LogP contribution in [-0.4, -0.2) is 19.1 Å². The molecule has 2 N–H and O–H groups in total. The maximum absolute atomic E-state index is 11.3. The van der Waals surface area contributed by atoms with E-state index in [1.807, 2.05) is 13.8 Å². The SMILES string of the molecule is CCOC(=O)C1(CN)CC1C. The van der Waals surface area contributed by atoms with Gasteiger partial charge in [-0.25, -0.2) is 0 Å². The Morgan fingerprint density at radius 1 is 1.82 bits per heavy atom. The Bertz CT molecular complexity index is 165. The van der Waals surface area contributed by atoms with Crippen LogP contribution in [0.5, 0.6) is 0 Å². The van der Waals surface area contributed by atoms with Crippen LogP contribution in [0, 0.1) is 11.3 Å². The molecular formula is C8H15NO2.